The molecule has 2 aromatic heterocycles. The van der Waals surface area contributed by atoms with Crippen molar-refractivity contribution in [1.82, 2.24) is 14.4 Å². The second-order valence-corrected chi connectivity index (χ2v) is 11.5. The van der Waals surface area contributed by atoms with Crippen LogP contribution < -0.4 is 5.73 Å². The smallest absolute Gasteiger partial charge is 0.235 e. The topological polar surface area (TPSA) is 76.4 Å². The molecule has 0 unspecified atom stereocenters. The Hall–Kier alpha value is -2.24. The van der Waals surface area contributed by atoms with Crippen molar-refractivity contribution in [3.8, 4) is 0 Å². The Kier molecular flexibility index (Phi) is 4.76. The molecule has 3 aromatic rings. The van der Waals surface area contributed by atoms with E-state index in [0.29, 0.717) is 17.8 Å². The van der Waals surface area contributed by atoms with Crippen molar-refractivity contribution in [3.05, 3.63) is 53.9 Å². The molecule has 6 rings (SSSR count). The molecule has 5 heteroatoms. The molecule has 33 heavy (non-hydrogen) atoms. The summed E-state index contributed by atoms with van der Waals surface area (Å²) in [5.74, 6) is 2.55. The highest BCUT2D eigenvalue weighted by Crippen LogP contribution is 2.62. The van der Waals surface area contributed by atoms with Gasteiger partial charge >= 0.3 is 0 Å². The molecule has 0 spiro atoms. The number of allylic oxidation sites excluding steroid dienone is 1. The number of hydrogen-bond acceptors (Lipinski definition) is 4. The maximum Gasteiger partial charge on any atom is 0.235 e. The fraction of sp³-hybridized carbons (Fsp3) is 0.571. The molecule has 5 nitrogen and oxygen atoms in total. The maximum absolute atomic E-state index is 10.6. The van der Waals surface area contributed by atoms with Gasteiger partial charge in [0.15, 0.2) is 0 Å². The Morgan fingerprint density at radius 2 is 2.00 bits per heavy atom. The van der Waals surface area contributed by atoms with Gasteiger partial charge in [-0.15, -0.1) is 0 Å². The van der Waals surface area contributed by atoms with Gasteiger partial charge in [0, 0.05) is 18.5 Å². The van der Waals surface area contributed by atoms with Crippen molar-refractivity contribution in [1.29, 1.82) is 0 Å². The van der Waals surface area contributed by atoms with Crippen LogP contribution in [0.25, 0.3) is 16.8 Å². The predicted octanol–water partition coefficient (Wildman–Crippen LogP) is 4.55. The highest BCUT2D eigenvalue weighted by molar-refractivity contribution is 5.79. The fourth-order valence-electron chi connectivity index (χ4n) is 8.06. The second-order valence-electron chi connectivity index (χ2n) is 11.5. The van der Waals surface area contributed by atoms with Crippen LogP contribution in [0.1, 0.15) is 50.8 Å². The average molecular weight is 445 g/mol. The molecule has 0 aliphatic heterocycles. The zero-order valence-corrected chi connectivity index (χ0v) is 19.9. The minimum Gasteiger partial charge on any atom is -0.396 e. The van der Waals surface area contributed by atoms with E-state index in [1.165, 1.54) is 30.4 Å². The van der Waals surface area contributed by atoms with E-state index in [1.807, 2.05) is 12.1 Å². The number of rotatable bonds is 3. The van der Waals surface area contributed by atoms with E-state index in [0.717, 1.165) is 48.3 Å². The summed E-state index contributed by atoms with van der Waals surface area (Å²) in [5.41, 5.74) is 12.7. The third kappa shape index (κ3) is 2.91. The molecular weight excluding hydrogens is 408 g/mol. The van der Waals surface area contributed by atoms with Gasteiger partial charge in [-0.2, -0.15) is 0 Å². The first-order chi connectivity index (χ1) is 15.9. The van der Waals surface area contributed by atoms with Gasteiger partial charge in [0.2, 0.25) is 5.78 Å². The monoisotopic (exact) mass is 444 g/mol. The predicted molar refractivity (Wildman–Crippen MR) is 132 cm³/mol. The van der Waals surface area contributed by atoms with E-state index in [-0.39, 0.29) is 23.4 Å². The average Bonchev–Trinajstić information content (AvgIpc) is 3.33. The quantitative estimate of drug-likeness (QED) is 0.581. The van der Waals surface area contributed by atoms with E-state index < -0.39 is 0 Å². The first-order valence-corrected chi connectivity index (χ1v) is 12.6. The lowest BCUT2D eigenvalue weighted by molar-refractivity contribution is -0.0538. The van der Waals surface area contributed by atoms with Crippen molar-refractivity contribution in [2.75, 3.05) is 13.2 Å². The number of fused-ring (bicyclic) bond motifs is 5. The molecule has 2 fully saturated rings. The van der Waals surface area contributed by atoms with Crippen LogP contribution in [0.5, 0.6) is 0 Å². The van der Waals surface area contributed by atoms with E-state index in [1.54, 1.807) is 0 Å². The minimum atomic E-state index is 0.00276. The molecule has 0 amide bonds. The fourth-order valence-corrected chi connectivity index (χ4v) is 8.06. The number of para-hydroxylation sites is 2. The minimum absolute atomic E-state index is 0.00276. The van der Waals surface area contributed by atoms with Crippen LogP contribution in [0.15, 0.2) is 42.6 Å². The number of nitrogens with zero attached hydrogens (tertiary/aromatic N) is 3. The summed E-state index contributed by atoms with van der Waals surface area (Å²) in [6.07, 6.45) is 8.73. The number of nitrogens with two attached hydrogens (primary N) is 1. The first-order valence-electron chi connectivity index (χ1n) is 12.6. The van der Waals surface area contributed by atoms with E-state index >= 15 is 0 Å². The Balaban J connectivity index is 1.42. The lowest BCUT2D eigenvalue weighted by Gasteiger charge is -2.56. The molecule has 3 N–H and O–H groups in total. The number of aromatic nitrogens is 3. The van der Waals surface area contributed by atoms with Crippen molar-refractivity contribution >= 4 is 16.8 Å². The van der Waals surface area contributed by atoms with Gasteiger partial charge in [-0.1, -0.05) is 38.1 Å². The number of imidazole rings is 1. The molecule has 2 heterocycles. The third-order valence-corrected chi connectivity index (χ3v) is 10.1. The summed E-state index contributed by atoms with van der Waals surface area (Å²) < 4.78 is 2.15. The molecule has 0 saturated heterocycles. The summed E-state index contributed by atoms with van der Waals surface area (Å²) in [5, 5.41) is 10.6. The summed E-state index contributed by atoms with van der Waals surface area (Å²) in [6, 6.07) is 8.24. The van der Waals surface area contributed by atoms with Crippen LogP contribution in [-0.2, 0) is 12.8 Å². The van der Waals surface area contributed by atoms with Gasteiger partial charge in [0.05, 0.1) is 11.0 Å². The second kappa shape index (κ2) is 7.38. The summed E-state index contributed by atoms with van der Waals surface area (Å²) >= 11 is 0. The third-order valence-electron chi connectivity index (χ3n) is 10.1. The molecule has 1 aromatic carbocycles. The van der Waals surface area contributed by atoms with Crippen LogP contribution in [0.3, 0.4) is 0 Å². The van der Waals surface area contributed by atoms with Crippen LogP contribution >= 0.6 is 0 Å². The number of hydrogen-bond donors (Lipinski definition) is 2. The van der Waals surface area contributed by atoms with Gasteiger partial charge < -0.3 is 10.8 Å². The standard InChI is InChI=1S/C28H36N4O/c1-17-8-9-21-20(14-29)22(10-11-27(17,21)2)28(3)13-18-15-32-25-7-5-4-6-23(25)30-26(32)31-24(18)12-19(28)16-33/h4-7,15,19-22,33H,1,8-14,16,29H2,2-3H3/t19-,20+,21+,22+,27-,28+/m1/s1. The molecule has 0 radical (unpaired) electrons. The van der Waals surface area contributed by atoms with Gasteiger partial charge in [0.25, 0.3) is 0 Å². The van der Waals surface area contributed by atoms with Crippen molar-refractivity contribution in [3.63, 3.8) is 0 Å². The Morgan fingerprint density at radius 1 is 1.18 bits per heavy atom. The highest BCUT2D eigenvalue weighted by Gasteiger charge is 2.56. The van der Waals surface area contributed by atoms with Gasteiger partial charge in [-0.3, -0.25) is 4.40 Å². The maximum atomic E-state index is 10.6. The number of aliphatic hydroxyl groups is 1. The summed E-state index contributed by atoms with van der Waals surface area (Å²) in [7, 11) is 0. The first kappa shape index (κ1) is 21.3. The van der Waals surface area contributed by atoms with Gasteiger partial charge in [0.1, 0.15) is 0 Å². The van der Waals surface area contributed by atoms with E-state index in [9.17, 15) is 5.11 Å². The molecule has 3 aliphatic rings. The van der Waals surface area contributed by atoms with Crippen molar-refractivity contribution in [2.45, 2.75) is 52.4 Å². The van der Waals surface area contributed by atoms with Crippen LogP contribution in [-0.4, -0.2) is 32.6 Å². The molecule has 3 aliphatic carbocycles. The van der Waals surface area contributed by atoms with Crippen LogP contribution in [0.4, 0.5) is 0 Å². The zero-order valence-electron chi connectivity index (χ0n) is 19.9. The van der Waals surface area contributed by atoms with Crippen LogP contribution in [0.2, 0.25) is 0 Å². The van der Waals surface area contributed by atoms with E-state index in [2.05, 4.69) is 43.2 Å². The molecule has 0 bridgehead atoms. The Bertz CT molecular complexity index is 1250. The van der Waals surface area contributed by atoms with Crippen molar-refractivity contribution in [2.24, 2.45) is 40.2 Å². The molecule has 6 atom stereocenters. The lowest BCUT2D eigenvalue weighted by atomic mass is 9.49. The summed E-state index contributed by atoms with van der Waals surface area (Å²) in [4.78, 5) is 9.72. The largest absolute Gasteiger partial charge is 0.396 e. The Morgan fingerprint density at radius 3 is 2.79 bits per heavy atom. The summed E-state index contributed by atoms with van der Waals surface area (Å²) in [6.45, 7) is 10.2. The van der Waals surface area contributed by atoms with Crippen LogP contribution in [0, 0.1) is 34.5 Å². The molecule has 2 saturated carbocycles. The number of aliphatic hydroxyl groups excluding tert-OH is 1. The highest BCUT2D eigenvalue weighted by atomic mass is 16.3. The van der Waals surface area contributed by atoms with Gasteiger partial charge in [-0.25, -0.2) is 9.97 Å². The Labute approximate surface area is 196 Å². The zero-order chi connectivity index (χ0) is 23.0. The number of benzene rings is 1. The molecular formula is C28H36N4O. The van der Waals surface area contributed by atoms with E-state index in [4.69, 9.17) is 15.7 Å². The lowest BCUT2D eigenvalue weighted by Crippen LogP contribution is -2.53. The SMILES string of the molecule is C=C1CC[C@H]2[C@H](CN)[C@@H]([C@@]3(C)Cc4cn5c(nc4C[C@@H]3CO)nc3ccccc35)CC[C@]12C. The van der Waals surface area contributed by atoms with Gasteiger partial charge in [-0.05, 0) is 97.3 Å². The molecule has 174 valence electrons. The van der Waals surface area contributed by atoms with Crippen molar-refractivity contribution < 1.29 is 5.11 Å². The normalized spacial score (nSPS) is 36.3.